The first-order chi connectivity index (χ1) is 10.6. The number of nitriles is 1. The van der Waals surface area contributed by atoms with E-state index in [0.29, 0.717) is 22.7 Å². The van der Waals surface area contributed by atoms with Crippen molar-refractivity contribution in [3.8, 4) is 11.8 Å². The maximum Gasteiger partial charge on any atom is 0.256 e. The van der Waals surface area contributed by atoms with Crippen molar-refractivity contribution in [1.82, 2.24) is 0 Å². The van der Waals surface area contributed by atoms with Gasteiger partial charge < -0.3 is 10.1 Å². The van der Waals surface area contributed by atoms with Gasteiger partial charge in [0.1, 0.15) is 16.8 Å². The highest BCUT2D eigenvalue weighted by atomic mass is 32.1. The molecule has 0 radical (unpaired) electrons. The van der Waals surface area contributed by atoms with Gasteiger partial charge in [0.25, 0.3) is 5.91 Å². The fourth-order valence-corrected chi connectivity index (χ4v) is 3.35. The SMILES string of the molecule is CCOc1ccc(C(=O)Nc2sc(C)c(CC)c2C#N)cc1. The van der Waals surface area contributed by atoms with E-state index in [1.165, 1.54) is 11.3 Å². The lowest BCUT2D eigenvalue weighted by Gasteiger charge is -2.06. The molecule has 0 saturated carbocycles. The largest absolute Gasteiger partial charge is 0.494 e. The van der Waals surface area contributed by atoms with Crippen LogP contribution in [0.5, 0.6) is 5.75 Å². The van der Waals surface area contributed by atoms with E-state index in [2.05, 4.69) is 11.4 Å². The number of rotatable bonds is 5. The predicted octanol–water partition coefficient (Wildman–Crippen LogP) is 4.14. The van der Waals surface area contributed by atoms with E-state index in [9.17, 15) is 10.1 Å². The smallest absolute Gasteiger partial charge is 0.256 e. The first-order valence-corrected chi connectivity index (χ1v) is 7.98. The molecule has 0 unspecified atom stereocenters. The molecule has 0 saturated heterocycles. The van der Waals surface area contributed by atoms with Gasteiger partial charge in [-0.1, -0.05) is 6.92 Å². The second-order valence-electron chi connectivity index (χ2n) is 4.72. The van der Waals surface area contributed by atoms with Gasteiger partial charge in [-0.25, -0.2) is 0 Å². The van der Waals surface area contributed by atoms with Crippen molar-refractivity contribution in [1.29, 1.82) is 5.26 Å². The van der Waals surface area contributed by atoms with Crippen molar-refractivity contribution >= 4 is 22.2 Å². The molecule has 0 spiro atoms. The quantitative estimate of drug-likeness (QED) is 0.902. The van der Waals surface area contributed by atoms with Crippen molar-refractivity contribution in [3.05, 3.63) is 45.8 Å². The van der Waals surface area contributed by atoms with E-state index >= 15 is 0 Å². The molecule has 0 atom stereocenters. The summed E-state index contributed by atoms with van der Waals surface area (Å²) in [6.45, 7) is 6.48. The van der Waals surface area contributed by atoms with Gasteiger partial charge in [-0.2, -0.15) is 5.26 Å². The number of ether oxygens (including phenoxy) is 1. The summed E-state index contributed by atoms with van der Waals surface area (Å²) in [5.74, 6) is 0.514. The van der Waals surface area contributed by atoms with Crippen molar-refractivity contribution < 1.29 is 9.53 Å². The summed E-state index contributed by atoms with van der Waals surface area (Å²) in [5, 5.41) is 12.8. The Morgan fingerprint density at radius 3 is 2.55 bits per heavy atom. The topological polar surface area (TPSA) is 62.1 Å². The average Bonchev–Trinajstić information content (AvgIpc) is 2.82. The maximum absolute atomic E-state index is 12.3. The van der Waals surface area contributed by atoms with Crippen molar-refractivity contribution in [2.24, 2.45) is 0 Å². The molecule has 22 heavy (non-hydrogen) atoms. The summed E-state index contributed by atoms with van der Waals surface area (Å²) in [4.78, 5) is 13.4. The van der Waals surface area contributed by atoms with Gasteiger partial charge in [-0.15, -0.1) is 11.3 Å². The van der Waals surface area contributed by atoms with E-state index in [4.69, 9.17) is 4.74 Å². The molecule has 0 aliphatic heterocycles. The average molecular weight is 314 g/mol. The Balaban J connectivity index is 2.20. The summed E-state index contributed by atoms with van der Waals surface area (Å²) >= 11 is 1.45. The lowest BCUT2D eigenvalue weighted by molar-refractivity contribution is 0.102. The number of nitrogens with zero attached hydrogens (tertiary/aromatic N) is 1. The first-order valence-electron chi connectivity index (χ1n) is 7.17. The summed E-state index contributed by atoms with van der Waals surface area (Å²) < 4.78 is 5.36. The van der Waals surface area contributed by atoms with Crippen LogP contribution in [0.2, 0.25) is 0 Å². The van der Waals surface area contributed by atoms with E-state index in [1.54, 1.807) is 24.3 Å². The summed E-state index contributed by atoms with van der Waals surface area (Å²) in [6.07, 6.45) is 0.782. The summed E-state index contributed by atoms with van der Waals surface area (Å²) in [6, 6.07) is 9.16. The van der Waals surface area contributed by atoms with Gasteiger partial charge >= 0.3 is 0 Å². The van der Waals surface area contributed by atoms with E-state index < -0.39 is 0 Å². The normalized spacial score (nSPS) is 10.1. The highest BCUT2D eigenvalue weighted by Gasteiger charge is 2.17. The molecular formula is C17H18N2O2S. The molecule has 1 N–H and O–H groups in total. The fourth-order valence-electron chi connectivity index (χ4n) is 2.26. The standard InChI is InChI=1S/C17H18N2O2S/c1-4-14-11(3)22-17(15(14)10-18)19-16(20)12-6-8-13(9-7-12)21-5-2/h6-9H,4-5H2,1-3H3,(H,19,20). The van der Waals surface area contributed by atoms with Gasteiger partial charge in [0, 0.05) is 10.4 Å². The van der Waals surface area contributed by atoms with Crippen LogP contribution in [0, 0.1) is 18.3 Å². The Hall–Kier alpha value is -2.32. The monoisotopic (exact) mass is 314 g/mol. The molecular weight excluding hydrogens is 296 g/mol. The third-order valence-electron chi connectivity index (χ3n) is 3.33. The number of hydrogen-bond acceptors (Lipinski definition) is 4. The van der Waals surface area contributed by atoms with Crippen molar-refractivity contribution in [2.45, 2.75) is 27.2 Å². The van der Waals surface area contributed by atoms with E-state index in [-0.39, 0.29) is 5.91 Å². The molecule has 2 rings (SSSR count). The number of anilines is 1. The minimum Gasteiger partial charge on any atom is -0.494 e. The zero-order valence-corrected chi connectivity index (χ0v) is 13.7. The minimum absolute atomic E-state index is 0.219. The van der Waals surface area contributed by atoms with Crippen LogP contribution in [0.1, 0.15) is 40.2 Å². The molecule has 1 aromatic heterocycles. The van der Waals surface area contributed by atoms with Crippen LogP contribution in [0.15, 0.2) is 24.3 Å². The molecule has 0 aliphatic rings. The number of carbonyl (C=O) groups excluding carboxylic acids is 1. The third kappa shape index (κ3) is 3.29. The third-order valence-corrected chi connectivity index (χ3v) is 4.39. The van der Waals surface area contributed by atoms with Crippen LogP contribution in [-0.4, -0.2) is 12.5 Å². The number of nitrogens with one attached hydrogen (secondary N) is 1. The predicted molar refractivity (Wildman–Crippen MR) is 88.7 cm³/mol. The molecule has 1 heterocycles. The number of amides is 1. The molecule has 0 fully saturated rings. The van der Waals surface area contributed by atoms with Crippen LogP contribution < -0.4 is 10.1 Å². The number of aryl methyl sites for hydroxylation is 1. The Labute approximate surface area is 134 Å². The van der Waals surface area contributed by atoms with Crippen LogP contribution in [-0.2, 0) is 6.42 Å². The Morgan fingerprint density at radius 1 is 1.32 bits per heavy atom. The number of thiophene rings is 1. The summed E-state index contributed by atoms with van der Waals surface area (Å²) in [7, 11) is 0. The summed E-state index contributed by atoms with van der Waals surface area (Å²) in [5.41, 5.74) is 2.12. The Bertz CT molecular complexity index is 711. The van der Waals surface area contributed by atoms with Crippen LogP contribution in [0.3, 0.4) is 0 Å². The number of hydrogen-bond donors (Lipinski definition) is 1. The number of benzene rings is 1. The number of carbonyl (C=O) groups is 1. The molecule has 0 bridgehead atoms. The second-order valence-corrected chi connectivity index (χ2v) is 5.94. The van der Waals surface area contributed by atoms with E-state index in [0.717, 1.165) is 22.6 Å². The maximum atomic E-state index is 12.3. The molecule has 2 aromatic rings. The molecule has 1 amide bonds. The fraction of sp³-hybridized carbons (Fsp3) is 0.294. The zero-order chi connectivity index (χ0) is 16.1. The van der Waals surface area contributed by atoms with Gasteiger partial charge in [-0.05, 0) is 50.1 Å². The van der Waals surface area contributed by atoms with Gasteiger partial charge in [-0.3, -0.25) is 4.79 Å². The molecule has 0 aliphatic carbocycles. The highest BCUT2D eigenvalue weighted by Crippen LogP contribution is 2.33. The Morgan fingerprint density at radius 2 is 2.00 bits per heavy atom. The molecule has 114 valence electrons. The van der Waals surface area contributed by atoms with Crippen molar-refractivity contribution in [3.63, 3.8) is 0 Å². The molecule has 1 aromatic carbocycles. The zero-order valence-electron chi connectivity index (χ0n) is 12.9. The first kappa shape index (κ1) is 16.1. The van der Waals surface area contributed by atoms with Crippen LogP contribution >= 0.6 is 11.3 Å². The molecule has 5 heteroatoms. The Kier molecular flexibility index (Phi) is 5.18. The van der Waals surface area contributed by atoms with Crippen LogP contribution in [0.4, 0.5) is 5.00 Å². The van der Waals surface area contributed by atoms with Crippen molar-refractivity contribution in [2.75, 3.05) is 11.9 Å². The van der Waals surface area contributed by atoms with Gasteiger partial charge in [0.15, 0.2) is 0 Å². The van der Waals surface area contributed by atoms with Gasteiger partial charge in [0.2, 0.25) is 0 Å². The lowest BCUT2D eigenvalue weighted by Crippen LogP contribution is -2.11. The van der Waals surface area contributed by atoms with Gasteiger partial charge in [0.05, 0.1) is 12.2 Å². The second kappa shape index (κ2) is 7.10. The lowest BCUT2D eigenvalue weighted by atomic mass is 10.1. The molecule has 4 nitrogen and oxygen atoms in total. The van der Waals surface area contributed by atoms with E-state index in [1.807, 2.05) is 20.8 Å². The highest BCUT2D eigenvalue weighted by molar-refractivity contribution is 7.16. The minimum atomic E-state index is -0.219. The van der Waals surface area contributed by atoms with Crippen LogP contribution in [0.25, 0.3) is 0 Å².